The van der Waals surface area contributed by atoms with Crippen molar-refractivity contribution in [2.24, 2.45) is 0 Å². The van der Waals surface area contributed by atoms with Crippen molar-refractivity contribution in [3.8, 4) is 5.69 Å². The average Bonchev–Trinajstić information content (AvgIpc) is 3.66. The third-order valence-corrected chi connectivity index (χ3v) is 16.7. The zero-order chi connectivity index (χ0) is 36.1. The van der Waals surface area contributed by atoms with Crippen LogP contribution >= 0.6 is 0 Å². The van der Waals surface area contributed by atoms with Gasteiger partial charge in [0.1, 0.15) is 8.07 Å². The third-order valence-electron chi connectivity index (χ3n) is 13.1. The van der Waals surface area contributed by atoms with Gasteiger partial charge >= 0.3 is 0 Å². The standard InChI is InChI=1S/C49H38BN3Si/c1-49(2)36-22-11-8-21-35(36)46-48(49)50-37-23-16-28-44-47(37)53(40-26-14-15-27-43(40)54(44,3)4)42-30-32(29-41(45(42)50)52(46)31-17-6-5-7-18-31)51-38-24-12-9-19-33(38)34-20-10-13-25-39(34)51/h5-30H,1-4H3. The molecule has 0 atom stereocenters. The number of aromatic nitrogens is 1. The van der Waals surface area contributed by atoms with E-state index in [4.69, 9.17) is 0 Å². The maximum Gasteiger partial charge on any atom is 0.248 e. The fraction of sp³-hybridized carbons (Fsp3) is 0.102. The highest BCUT2D eigenvalue weighted by molar-refractivity contribution is 7.04. The Bertz CT molecular complexity index is 2920. The molecule has 54 heavy (non-hydrogen) atoms. The molecule has 4 aliphatic rings. The van der Waals surface area contributed by atoms with E-state index in [0.717, 1.165) is 0 Å². The number of nitrogens with zero attached hydrogens (tertiary/aromatic N) is 3. The van der Waals surface area contributed by atoms with Gasteiger partial charge in [-0.1, -0.05) is 148 Å². The van der Waals surface area contributed by atoms with Gasteiger partial charge in [0.05, 0.1) is 16.7 Å². The summed E-state index contributed by atoms with van der Waals surface area (Å²) in [4.78, 5) is 5.27. The zero-order valence-electron chi connectivity index (χ0n) is 30.9. The van der Waals surface area contributed by atoms with Crippen molar-refractivity contribution in [3.63, 3.8) is 0 Å². The summed E-state index contributed by atoms with van der Waals surface area (Å²) in [5.41, 5.74) is 18.3. The Hall–Kier alpha value is -6.04. The van der Waals surface area contributed by atoms with Crippen LogP contribution in [0.2, 0.25) is 13.1 Å². The van der Waals surface area contributed by atoms with Gasteiger partial charge in [-0.25, -0.2) is 0 Å². The molecule has 12 rings (SSSR count). The minimum Gasteiger partial charge on any atom is -0.312 e. The minimum absolute atomic E-state index is 0.0980. The second-order valence-corrected chi connectivity index (χ2v) is 20.9. The Morgan fingerprint density at radius 2 is 1.15 bits per heavy atom. The van der Waals surface area contributed by atoms with Crippen LogP contribution in [0.1, 0.15) is 25.0 Å². The lowest BCUT2D eigenvalue weighted by Gasteiger charge is -2.50. The number of para-hydroxylation sites is 5. The number of rotatable bonds is 2. The molecule has 0 saturated heterocycles. The van der Waals surface area contributed by atoms with Crippen molar-refractivity contribution < 1.29 is 0 Å². The predicted molar refractivity (Wildman–Crippen MR) is 232 cm³/mol. The fourth-order valence-electron chi connectivity index (χ4n) is 10.8. The van der Waals surface area contributed by atoms with E-state index in [0.29, 0.717) is 0 Å². The van der Waals surface area contributed by atoms with Crippen molar-refractivity contribution in [1.29, 1.82) is 0 Å². The molecule has 1 aliphatic carbocycles. The van der Waals surface area contributed by atoms with E-state index in [1.54, 1.807) is 0 Å². The molecule has 0 bridgehead atoms. The molecular formula is C49H38BN3Si. The van der Waals surface area contributed by atoms with Crippen LogP contribution in [0.4, 0.5) is 28.4 Å². The van der Waals surface area contributed by atoms with Crippen LogP contribution in [-0.2, 0) is 5.41 Å². The lowest BCUT2D eigenvalue weighted by Crippen LogP contribution is -2.65. The molecule has 8 aromatic rings. The Kier molecular flexibility index (Phi) is 5.82. The van der Waals surface area contributed by atoms with Gasteiger partial charge in [0.15, 0.2) is 0 Å². The van der Waals surface area contributed by atoms with Gasteiger partial charge in [0, 0.05) is 55.9 Å². The topological polar surface area (TPSA) is 11.4 Å². The van der Waals surface area contributed by atoms with Crippen molar-refractivity contribution in [2.45, 2.75) is 32.4 Å². The molecule has 3 aliphatic heterocycles. The summed E-state index contributed by atoms with van der Waals surface area (Å²) in [6.07, 6.45) is 0. The average molecular weight is 708 g/mol. The monoisotopic (exact) mass is 707 g/mol. The Morgan fingerprint density at radius 1 is 0.537 bits per heavy atom. The van der Waals surface area contributed by atoms with Crippen molar-refractivity contribution in [1.82, 2.24) is 4.57 Å². The van der Waals surface area contributed by atoms with E-state index in [1.807, 2.05) is 0 Å². The normalized spacial score (nSPS) is 16.6. The first kappa shape index (κ1) is 30.4. The largest absolute Gasteiger partial charge is 0.312 e. The summed E-state index contributed by atoms with van der Waals surface area (Å²) in [6, 6.07) is 59.6. The lowest BCUT2D eigenvalue weighted by molar-refractivity contribution is 0.666. The summed E-state index contributed by atoms with van der Waals surface area (Å²) in [5, 5.41) is 5.57. The number of hydrogen-bond acceptors (Lipinski definition) is 2. The van der Waals surface area contributed by atoms with Crippen LogP contribution in [0.15, 0.2) is 163 Å². The molecule has 0 amide bonds. The van der Waals surface area contributed by atoms with Gasteiger partial charge in [0.25, 0.3) is 0 Å². The highest BCUT2D eigenvalue weighted by Crippen LogP contribution is 2.56. The smallest absolute Gasteiger partial charge is 0.248 e. The molecule has 7 aromatic carbocycles. The summed E-state index contributed by atoms with van der Waals surface area (Å²) in [6.45, 7) is 10.1. The van der Waals surface area contributed by atoms with Crippen LogP contribution in [-0.4, -0.2) is 19.4 Å². The van der Waals surface area contributed by atoms with E-state index in [9.17, 15) is 0 Å². The Morgan fingerprint density at radius 3 is 1.91 bits per heavy atom. The van der Waals surface area contributed by atoms with Crippen molar-refractivity contribution in [3.05, 3.63) is 174 Å². The quantitative estimate of drug-likeness (QED) is 0.166. The zero-order valence-corrected chi connectivity index (χ0v) is 31.9. The van der Waals surface area contributed by atoms with Crippen LogP contribution < -0.4 is 31.1 Å². The van der Waals surface area contributed by atoms with Crippen LogP contribution in [0, 0.1) is 0 Å². The van der Waals surface area contributed by atoms with E-state index in [-0.39, 0.29) is 12.1 Å². The van der Waals surface area contributed by atoms with E-state index in [1.165, 1.54) is 99.5 Å². The van der Waals surface area contributed by atoms with Gasteiger partial charge in [-0.3, -0.25) is 0 Å². The first-order valence-electron chi connectivity index (χ1n) is 19.2. The maximum absolute atomic E-state index is 2.66. The number of hydrogen-bond donors (Lipinski definition) is 0. The maximum atomic E-state index is 2.66. The molecule has 4 heterocycles. The highest BCUT2D eigenvalue weighted by Gasteiger charge is 2.55. The van der Waals surface area contributed by atoms with Crippen LogP contribution in [0.3, 0.4) is 0 Å². The predicted octanol–water partition coefficient (Wildman–Crippen LogP) is 9.71. The molecule has 0 fully saturated rings. The second kappa shape index (κ2) is 10.3. The van der Waals surface area contributed by atoms with Gasteiger partial charge in [-0.2, -0.15) is 0 Å². The van der Waals surface area contributed by atoms with Crippen LogP contribution in [0.5, 0.6) is 0 Å². The molecule has 3 nitrogen and oxygen atoms in total. The summed E-state index contributed by atoms with van der Waals surface area (Å²) in [7, 11) is -2.06. The van der Waals surface area contributed by atoms with E-state index >= 15 is 0 Å². The van der Waals surface area contributed by atoms with Crippen LogP contribution in [0.25, 0.3) is 33.2 Å². The number of anilines is 5. The number of fused-ring (bicyclic) bond motifs is 10. The third kappa shape index (κ3) is 3.63. The summed E-state index contributed by atoms with van der Waals surface area (Å²) < 4.78 is 2.51. The lowest BCUT2D eigenvalue weighted by atomic mass is 9.30. The number of benzene rings is 7. The van der Waals surface area contributed by atoms with Crippen molar-refractivity contribution in [2.75, 3.05) is 9.80 Å². The van der Waals surface area contributed by atoms with Gasteiger partial charge in [0.2, 0.25) is 6.71 Å². The van der Waals surface area contributed by atoms with Gasteiger partial charge in [-0.15, -0.1) is 0 Å². The first-order chi connectivity index (χ1) is 26.4. The number of allylic oxidation sites excluding steroid dienone is 1. The molecule has 1 aromatic heterocycles. The molecule has 5 heteroatoms. The fourth-order valence-corrected chi connectivity index (χ4v) is 13.8. The summed E-state index contributed by atoms with van der Waals surface area (Å²) in [5.74, 6) is 0. The first-order valence-corrected chi connectivity index (χ1v) is 22.2. The van der Waals surface area contributed by atoms with E-state index < -0.39 is 8.07 Å². The Balaban J connectivity index is 1.29. The minimum atomic E-state index is -2.06. The summed E-state index contributed by atoms with van der Waals surface area (Å²) >= 11 is 0. The van der Waals surface area contributed by atoms with Crippen molar-refractivity contribution >= 4 is 92.0 Å². The Labute approximate surface area is 317 Å². The van der Waals surface area contributed by atoms with E-state index in [2.05, 4.69) is 199 Å². The molecule has 256 valence electrons. The van der Waals surface area contributed by atoms with Gasteiger partial charge < -0.3 is 14.4 Å². The molecular weight excluding hydrogens is 669 g/mol. The SMILES string of the molecule is CC1(C)C2=C(c3ccccc31)N(c1ccccc1)c1cc(-n3c4ccccc4c4ccccc43)cc3c1B2c1cccc2c1N3c1ccccc1[Si]2(C)C. The molecule has 0 saturated carbocycles. The highest BCUT2D eigenvalue weighted by atomic mass is 28.3. The van der Waals surface area contributed by atoms with Gasteiger partial charge in [-0.05, 0) is 69.3 Å². The molecule has 0 unspecified atom stereocenters. The molecule has 0 N–H and O–H groups in total. The molecule has 0 spiro atoms. The molecule has 0 radical (unpaired) electrons. The second-order valence-electron chi connectivity index (χ2n) is 16.5.